The average molecular weight is 1030 g/mol. The van der Waals surface area contributed by atoms with Gasteiger partial charge in [-0.3, -0.25) is 12.6 Å². The van der Waals surface area contributed by atoms with Crippen LogP contribution in [0.5, 0.6) is 0 Å². The molecule has 0 unspecified atom stereocenters. The molecule has 3 aromatic carbocycles. The van der Waals surface area contributed by atoms with Crippen LogP contribution in [0.2, 0.25) is 0 Å². The summed E-state index contributed by atoms with van der Waals surface area (Å²) in [5, 5.41) is 3.29. The van der Waals surface area contributed by atoms with Crippen LogP contribution in [-0.4, -0.2) is 13.5 Å². The Morgan fingerprint density at radius 3 is 0.839 bits per heavy atom. The van der Waals surface area contributed by atoms with Gasteiger partial charge >= 0.3 is 0 Å². The summed E-state index contributed by atoms with van der Waals surface area (Å²) >= 11 is 0. The van der Waals surface area contributed by atoms with E-state index < -0.39 is 0 Å². The molecule has 0 heterocycles. The summed E-state index contributed by atoms with van der Waals surface area (Å²) in [5.74, 6) is 3.54. The van der Waals surface area contributed by atoms with Crippen LogP contribution >= 0.6 is 0 Å². The molecule has 0 amide bonds. The van der Waals surface area contributed by atoms with Crippen LogP contribution in [0.3, 0.4) is 0 Å². The Bertz CT molecular complexity index is 1220. The maximum Gasteiger partial charge on any atom is 0.0847 e. The van der Waals surface area contributed by atoms with Crippen molar-refractivity contribution in [1.82, 2.24) is 0 Å². The van der Waals surface area contributed by atoms with Gasteiger partial charge in [-0.05, 0) is 76.4 Å². The van der Waals surface area contributed by atoms with Crippen LogP contribution in [0.15, 0.2) is 151 Å². The quantitative estimate of drug-likeness (QED) is 0.0689. The van der Waals surface area contributed by atoms with E-state index in [2.05, 4.69) is 108 Å². The molecule has 2 radical (unpaired) electrons. The molecule has 6 rings (SSSR count). The number of nitrogens with two attached hydrogens (primary N) is 1. The zero-order valence-corrected chi connectivity index (χ0v) is 46.2. The number of halogens is 1. The summed E-state index contributed by atoms with van der Waals surface area (Å²) in [5.41, 5.74) is 17.4. The Balaban J connectivity index is -0.0000000396. The molecule has 6 nitrogen and oxygen atoms in total. The molecule has 354 valence electrons. The minimum atomic E-state index is 0. The summed E-state index contributed by atoms with van der Waals surface area (Å²) < 4.78 is 0. The van der Waals surface area contributed by atoms with Crippen molar-refractivity contribution >= 4 is 30.6 Å². The number of hydrogen-bond acceptors (Lipinski definition) is 5. The van der Waals surface area contributed by atoms with Crippen molar-refractivity contribution in [3.8, 4) is 0 Å². The second-order valence-corrected chi connectivity index (χ2v) is 9.34. The molecule has 0 saturated heterocycles. The van der Waals surface area contributed by atoms with Gasteiger partial charge < -0.3 is 40.2 Å². The number of rotatable bonds is 3. The topological polar surface area (TPSA) is 107 Å². The molecule has 0 saturated carbocycles. The van der Waals surface area contributed by atoms with E-state index >= 15 is 0 Å². The fourth-order valence-electron chi connectivity index (χ4n) is 3.12. The minimum absolute atomic E-state index is 0. The molecule has 62 heavy (non-hydrogen) atoms. The van der Waals surface area contributed by atoms with Crippen molar-refractivity contribution in [1.29, 1.82) is 0 Å². The van der Waals surface area contributed by atoms with Crippen molar-refractivity contribution < 1.29 is 88.5 Å². The molecule has 3 aromatic rings. The maximum absolute atomic E-state index is 7.75. The van der Waals surface area contributed by atoms with Crippen LogP contribution in [-0.2, 0) is 70.2 Å². The van der Waals surface area contributed by atoms with E-state index in [0.717, 1.165) is 36.3 Å². The summed E-state index contributed by atoms with van der Waals surface area (Å²) in [7, 11) is 0. The van der Waals surface area contributed by atoms with E-state index in [0.29, 0.717) is 0 Å². The first-order valence-corrected chi connectivity index (χ1v) is 20.3. The molecule has 3 aliphatic rings. The normalized spacial score (nSPS) is 8.84. The second kappa shape index (κ2) is 93.3. The van der Waals surface area contributed by atoms with E-state index in [1.54, 1.807) is 0 Å². The van der Waals surface area contributed by atoms with Crippen molar-refractivity contribution in [2.24, 2.45) is 5.10 Å². The smallest absolute Gasteiger partial charge is 0.0847 e. The van der Waals surface area contributed by atoms with Crippen molar-refractivity contribution in [3.63, 3.8) is 0 Å². The van der Waals surface area contributed by atoms with E-state index in [9.17, 15) is 0 Å². The molecule has 3 aliphatic carbocycles. The second-order valence-electron chi connectivity index (χ2n) is 9.34. The monoisotopic (exact) mass is 1030 g/mol. The van der Waals surface area contributed by atoms with Gasteiger partial charge in [-0.15, -0.1) is 0 Å². The van der Waals surface area contributed by atoms with Crippen molar-refractivity contribution in [2.75, 3.05) is 16.6 Å². The molecule has 9 heteroatoms. The zero-order valence-electron chi connectivity index (χ0n) is 39.8. The fourth-order valence-corrected chi connectivity index (χ4v) is 3.12. The number of quaternary nitrogens is 1. The molecule has 0 bridgehead atoms. The summed E-state index contributed by atoms with van der Waals surface area (Å²) in [6, 6.07) is 23.7. The third-order valence-electron chi connectivity index (χ3n) is 5.54. The van der Waals surface area contributed by atoms with Crippen LogP contribution < -0.4 is 34.8 Å². The molecule has 0 aliphatic heterocycles. The van der Waals surface area contributed by atoms with Crippen LogP contribution in [0.25, 0.3) is 0 Å². The first kappa shape index (κ1) is 94.0. The summed E-state index contributed by atoms with van der Waals surface area (Å²) in [6.45, 7) is 38.3. The van der Waals surface area contributed by atoms with Crippen LogP contribution in [0.1, 0.15) is 141 Å². The third-order valence-corrected chi connectivity index (χ3v) is 5.54. The van der Waals surface area contributed by atoms with Gasteiger partial charge in [0.25, 0.3) is 0 Å². The minimum Gasteiger partial charge on any atom is -1.00 e. The third kappa shape index (κ3) is 81.2. The fraction of sp³-hybridized carbons (Fsp3) is 0.396. The predicted octanol–water partition coefficient (Wildman–Crippen LogP) is 13.3. The number of hydrazone groups is 1. The van der Waals surface area contributed by atoms with E-state index in [-0.39, 0.29) is 100 Å². The molecule has 7 N–H and O–H groups in total. The average Bonchev–Trinajstić information content (AvgIpc) is 4.15. The molecular weight excluding hydrogens is 936 g/mol. The molecular formula is C53H96ClN5OY2-2. The maximum atomic E-state index is 7.75. The van der Waals surface area contributed by atoms with Gasteiger partial charge in [0, 0.05) is 71.1 Å². The number of anilines is 3. The molecule has 0 aromatic heterocycles. The van der Waals surface area contributed by atoms with Gasteiger partial charge in [-0.2, -0.15) is 0 Å². The van der Waals surface area contributed by atoms with E-state index in [1.165, 1.54) is 16.7 Å². The number of allylic oxidation sites excluding steroid dienone is 12. The van der Waals surface area contributed by atoms with Gasteiger partial charge in [0.2, 0.25) is 0 Å². The number of hydrogen-bond donors (Lipinski definition) is 4. The van der Waals surface area contributed by atoms with Crippen molar-refractivity contribution in [2.45, 2.75) is 145 Å². The largest absolute Gasteiger partial charge is 1.00 e. The van der Waals surface area contributed by atoms with Gasteiger partial charge in [0.05, 0.1) is 11.4 Å². The summed E-state index contributed by atoms with van der Waals surface area (Å²) in [4.78, 5) is 7.75. The number of aryl methyl sites for hydroxylation is 3. The van der Waals surface area contributed by atoms with Gasteiger partial charge in [-0.1, -0.05) is 231 Å². The van der Waals surface area contributed by atoms with E-state index in [1.807, 2.05) is 170 Å². The first-order chi connectivity index (χ1) is 27.4. The van der Waals surface area contributed by atoms with Gasteiger partial charge in [0.1, 0.15) is 0 Å². The standard InChI is InChI=1S/C8H9N2.C7H10N2.C7H9N.3C5H6.6C2H6.CHO.3CH4.ClH.2Y/c1-7-3-5-8(6-4-7)10-9-2;1-6-2-4-7(9-8)5-3-6;1-6-2-4-7(8)5-3-6;3*1-2-4-5-3-1;7*1-2;;;;;;/h2-6,10H,1H3;2-5,9H,8H2,1H3;2-5H,8H2,1H3;3*1-4H,5H2;6*1-2H3;1H;3*1H4;1H;;/q-1;;;;;;;;;;;;-1;;;;;;. The molecule has 0 spiro atoms. The number of carbonyl (C=O) groups excluding carboxylic acids is 1. The molecule has 0 fully saturated rings. The van der Waals surface area contributed by atoms with E-state index in [4.69, 9.17) is 17.2 Å². The van der Waals surface area contributed by atoms with Crippen molar-refractivity contribution in [3.05, 3.63) is 162 Å². The Hall–Kier alpha value is -2.70. The predicted molar refractivity (Wildman–Crippen MR) is 280 cm³/mol. The Morgan fingerprint density at radius 1 is 0.468 bits per heavy atom. The Morgan fingerprint density at radius 2 is 0.677 bits per heavy atom. The first-order valence-electron chi connectivity index (χ1n) is 20.3. The van der Waals surface area contributed by atoms with Crippen LogP contribution in [0.4, 0.5) is 17.1 Å². The number of nitrogens with one attached hydrogen (secondary N) is 2. The summed E-state index contributed by atoms with van der Waals surface area (Å²) in [6.07, 6.45) is 28.5. The zero-order chi connectivity index (χ0) is 44.7. The Labute approximate surface area is 444 Å². The number of nitrogen functional groups attached to an aromatic ring is 1. The number of benzene rings is 3. The SMILES string of the molecule is C.C.C.C1=CCC=C1.C1=CCC=C1.C1=CCC=C1.CC.CC.CC.CC.CC.CC.Cc1ccc(N)cc1.Cc1ccc(N[NH3+])cc1.[CH-]=NNc1ccc(C)cc1.[CH-]=O.[Cl-].[Y].[Y]. The Kier molecular flexibility index (Phi) is 141. The van der Waals surface area contributed by atoms with Gasteiger partial charge in [0.15, 0.2) is 0 Å². The van der Waals surface area contributed by atoms with Gasteiger partial charge in [-0.25, -0.2) is 5.43 Å². The number of nitrogens with zero attached hydrogens (tertiary/aromatic N) is 1. The van der Waals surface area contributed by atoms with Crippen LogP contribution in [0, 0.1) is 20.8 Å². The molecule has 0 atom stereocenters.